The molecule has 1 heterocycles. The summed E-state index contributed by atoms with van der Waals surface area (Å²) in [6.07, 6.45) is 3.19. The van der Waals surface area contributed by atoms with Crippen LogP contribution in [-0.2, 0) is 6.54 Å². The monoisotopic (exact) mass is 339 g/mol. The molecule has 0 radical (unpaired) electrons. The van der Waals surface area contributed by atoms with Gasteiger partial charge < -0.3 is 10.0 Å². The maximum absolute atomic E-state index is 14.4. The van der Waals surface area contributed by atoms with Crippen LogP contribution in [0.5, 0.6) is 0 Å². The number of hydrogen-bond donors (Lipinski definition) is 1. The van der Waals surface area contributed by atoms with Crippen molar-refractivity contribution in [2.75, 3.05) is 13.2 Å². The van der Waals surface area contributed by atoms with Crippen molar-refractivity contribution < 1.29 is 14.3 Å². The highest BCUT2D eigenvalue weighted by atomic mass is 19.1. The molecular formula is C19H18FN3O2. The van der Waals surface area contributed by atoms with Crippen LogP contribution in [0.15, 0.2) is 67.0 Å². The average molecular weight is 339 g/mol. The van der Waals surface area contributed by atoms with Gasteiger partial charge >= 0.3 is 0 Å². The van der Waals surface area contributed by atoms with Crippen LogP contribution in [0.4, 0.5) is 4.39 Å². The van der Waals surface area contributed by atoms with Crippen LogP contribution in [-0.4, -0.2) is 38.8 Å². The fourth-order valence-corrected chi connectivity index (χ4v) is 2.60. The maximum Gasteiger partial charge on any atom is 0.254 e. The van der Waals surface area contributed by atoms with Crippen LogP contribution in [0.1, 0.15) is 15.9 Å². The van der Waals surface area contributed by atoms with Gasteiger partial charge in [0.25, 0.3) is 5.91 Å². The Hall–Kier alpha value is -2.99. The van der Waals surface area contributed by atoms with Crippen LogP contribution in [0.2, 0.25) is 0 Å². The number of carbonyl (C=O) groups is 1. The second-order valence-corrected chi connectivity index (χ2v) is 5.55. The largest absolute Gasteiger partial charge is 0.395 e. The molecule has 0 spiro atoms. The molecule has 1 amide bonds. The van der Waals surface area contributed by atoms with Gasteiger partial charge in [0, 0.05) is 31.0 Å². The van der Waals surface area contributed by atoms with Gasteiger partial charge in [-0.25, -0.2) is 9.07 Å². The molecule has 0 aliphatic heterocycles. The average Bonchev–Trinajstić information content (AvgIpc) is 3.16. The van der Waals surface area contributed by atoms with Gasteiger partial charge in [0.15, 0.2) is 0 Å². The lowest BCUT2D eigenvalue weighted by atomic mass is 10.1. The van der Waals surface area contributed by atoms with Crippen molar-refractivity contribution >= 4 is 5.91 Å². The molecule has 0 saturated heterocycles. The highest BCUT2D eigenvalue weighted by Crippen LogP contribution is 2.17. The summed E-state index contributed by atoms with van der Waals surface area (Å²) in [5, 5.41) is 13.2. The van der Waals surface area contributed by atoms with Gasteiger partial charge in [0.1, 0.15) is 11.5 Å². The molecule has 6 heteroatoms. The number of rotatable bonds is 6. The number of aliphatic hydroxyl groups is 1. The van der Waals surface area contributed by atoms with Crippen LogP contribution >= 0.6 is 0 Å². The van der Waals surface area contributed by atoms with Gasteiger partial charge in [-0.15, -0.1) is 0 Å². The smallest absolute Gasteiger partial charge is 0.254 e. The second-order valence-electron chi connectivity index (χ2n) is 5.55. The Morgan fingerprint density at radius 3 is 2.60 bits per heavy atom. The normalized spacial score (nSPS) is 10.6. The Balaban J connectivity index is 1.83. The molecule has 128 valence electrons. The number of carbonyl (C=O) groups excluding carboxylic acids is 1. The predicted molar refractivity (Wildman–Crippen MR) is 91.8 cm³/mol. The second kappa shape index (κ2) is 7.72. The predicted octanol–water partition coefficient (Wildman–Crippen LogP) is 2.65. The molecular weight excluding hydrogens is 321 g/mol. The van der Waals surface area contributed by atoms with Gasteiger partial charge in [0.2, 0.25) is 0 Å². The zero-order chi connectivity index (χ0) is 17.6. The van der Waals surface area contributed by atoms with E-state index in [1.54, 1.807) is 24.5 Å². The summed E-state index contributed by atoms with van der Waals surface area (Å²) in [4.78, 5) is 14.2. The van der Waals surface area contributed by atoms with Gasteiger partial charge in [-0.2, -0.15) is 5.10 Å². The lowest BCUT2D eigenvalue weighted by Crippen LogP contribution is -2.33. The third-order valence-electron chi connectivity index (χ3n) is 3.82. The van der Waals surface area contributed by atoms with E-state index in [0.29, 0.717) is 6.54 Å². The Bertz CT molecular complexity index is 835. The fourth-order valence-electron chi connectivity index (χ4n) is 2.60. The molecule has 1 aromatic heterocycles. The first-order valence-electron chi connectivity index (χ1n) is 7.92. The van der Waals surface area contributed by atoms with Crippen molar-refractivity contribution in [3.63, 3.8) is 0 Å². The van der Waals surface area contributed by atoms with Crippen LogP contribution in [0.25, 0.3) is 5.69 Å². The zero-order valence-electron chi connectivity index (χ0n) is 13.5. The van der Waals surface area contributed by atoms with E-state index in [2.05, 4.69) is 5.10 Å². The highest BCUT2D eigenvalue weighted by molar-refractivity contribution is 5.94. The van der Waals surface area contributed by atoms with Crippen molar-refractivity contribution in [3.8, 4) is 5.69 Å². The molecule has 0 bridgehead atoms. The van der Waals surface area contributed by atoms with Crippen LogP contribution < -0.4 is 0 Å². The van der Waals surface area contributed by atoms with Gasteiger partial charge in [-0.3, -0.25) is 4.79 Å². The number of nitrogens with zero attached hydrogens (tertiary/aromatic N) is 3. The molecule has 0 unspecified atom stereocenters. The van der Waals surface area contributed by atoms with Gasteiger partial charge in [-0.05, 0) is 29.8 Å². The third kappa shape index (κ3) is 3.92. The Morgan fingerprint density at radius 1 is 1.16 bits per heavy atom. The minimum atomic E-state index is -0.529. The summed E-state index contributed by atoms with van der Waals surface area (Å²) in [6.45, 7) is 0.367. The van der Waals surface area contributed by atoms with E-state index in [-0.39, 0.29) is 30.3 Å². The van der Waals surface area contributed by atoms with Crippen molar-refractivity contribution in [3.05, 3.63) is 83.9 Å². The SMILES string of the molecule is O=C(c1ccc(-n2cccn2)c(F)c1)N(CCO)Cc1ccccc1. The van der Waals surface area contributed by atoms with E-state index in [9.17, 15) is 14.3 Å². The highest BCUT2D eigenvalue weighted by Gasteiger charge is 2.18. The molecule has 0 aliphatic carbocycles. The maximum atomic E-state index is 14.4. The third-order valence-corrected chi connectivity index (χ3v) is 3.82. The van der Waals surface area contributed by atoms with E-state index < -0.39 is 5.82 Å². The van der Waals surface area contributed by atoms with Crippen molar-refractivity contribution in [1.82, 2.24) is 14.7 Å². The summed E-state index contributed by atoms with van der Waals surface area (Å²) in [6, 6.07) is 15.5. The Morgan fingerprint density at radius 2 is 1.96 bits per heavy atom. The number of hydrogen-bond acceptors (Lipinski definition) is 3. The lowest BCUT2D eigenvalue weighted by Gasteiger charge is -2.22. The van der Waals surface area contributed by atoms with Gasteiger partial charge in [-0.1, -0.05) is 30.3 Å². The minimum Gasteiger partial charge on any atom is -0.395 e. The summed E-state index contributed by atoms with van der Waals surface area (Å²) in [5.74, 6) is -0.859. The Labute approximate surface area is 144 Å². The summed E-state index contributed by atoms with van der Waals surface area (Å²) < 4.78 is 15.8. The first kappa shape index (κ1) is 16.9. The topological polar surface area (TPSA) is 58.4 Å². The first-order valence-corrected chi connectivity index (χ1v) is 7.92. The van der Waals surface area contributed by atoms with E-state index in [1.165, 1.54) is 21.7 Å². The standard InChI is InChI=1S/C19H18FN3O2/c20-17-13-16(7-8-18(17)23-10-4-9-21-23)19(25)22(11-12-24)14-15-5-2-1-3-6-15/h1-10,13,24H,11-12,14H2. The number of amides is 1. The molecule has 0 aliphatic rings. The summed E-state index contributed by atoms with van der Waals surface area (Å²) in [5.41, 5.74) is 1.45. The molecule has 25 heavy (non-hydrogen) atoms. The number of aliphatic hydroxyl groups excluding tert-OH is 1. The van der Waals surface area contributed by atoms with Crippen molar-refractivity contribution in [2.24, 2.45) is 0 Å². The molecule has 3 rings (SSSR count). The number of aromatic nitrogens is 2. The first-order chi connectivity index (χ1) is 12.2. The van der Waals surface area contributed by atoms with Crippen molar-refractivity contribution in [1.29, 1.82) is 0 Å². The van der Waals surface area contributed by atoms with Gasteiger partial charge in [0.05, 0.1) is 6.61 Å². The van der Waals surface area contributed by atoms with Crippen LogP contribution in [0.3, 0.4) is 0 Å². The fraction of sp³-hybridized carbons (Fsp3) is 0.158. The molecule has 1 N–H and O–H groups in total. The molecule has 3 aromatic rings. The minimum absolute atomic E-state index is 0.160. The number of halogens is 1. The van der Waals surface area contributed by atoms with E-state index >= 15 is 0 Å². The molecule has 0 saturated carbocycles. The number of benzene rings is 2. The summed E-state index contributed by atoms with van der Waals surface area (Å²) in [7, 11) is 0. The van der Waals surface area contributed by atoms with Crippen LogP contribution in [0, 0.1) is 5.82 Å². The van der Waals surface area contributed by atoms with E-state index in [0.717, 1.165) is 5.56 Å². The lowest BCUT2D eigenvalue weighted by molar-refractivity contribution is 0.0707. The Kier molecular flexibility index (Phi) is 5.20. The molecule has 0 fully saturated rings. The van der Waals surface area contributed by atoms with E-state index in [1.807, 2.05) is 30.3 Å². The molecule has 0 atom stereocenters. The van der Waals surface area contributed by atoms with E-state index in [4.69, 9.17) is 0 Å². The summed E-state index contributed by atoms with van der Waals surface area (Å²) >= 11 is 0. The molecule has 2 aromatic carbocycles. The quantitative estimate of drug-likeness (QED) is 0.751. The van der Waals surface area contributed by atoms with Crippen molar-refractivity contribution in [2.45, 2.75) is 6.54 Å². The molecule has 5 nitrogen and oxygen atoms in total. The zero-order valence-corrected chi connectivity index (χ0v) is 13.5.